The van der Waals surface area contributed by atoms with Crippen molar-refractivity contribution in [2.24, 2.45) is 0 Å². The zero-order valence-electron chi connectivity index (χ0n) is 8.84. The first kappa shape index (κ1) is 11.7. The van der Waals surface area contributed by atoms with Crippen molar-refractivity contribution in [3.63, 3.8) is 0 Å². The standard InChI is InChI=1S/C12H11BrClNO/c1-8-2-3-10-11(15-8)6-9(14)7-12(10)16-5-4-13/h2-3,6-7H,4-5H2,1H3. The molecular weight excluding hydrogens is 289 g/mol. The fraction of sp³-hybridized carbons (Fsp3) is 0.250. The minimum Gasteiger partial charge on any atom is -0.492 e. The van der Waals surface area contributed by atoms with Gasteiger partial charge in [0.05, 0.1) is 12.1 Å². The minimum atomic E-state index is 0.614. The number of nitrogens with zero attached hydrogens (tertiary/aromatic N) is 1. The van der Waals surface area contributed by atoms with Gasteiger partial charge in [0.15, 0.2) is 0 Å². The zero-order chi connectivity index (χ0) is 11.5. The maximum atomic E-state index is 6.02. The SMILES string of the molecule is Cc1ccc2c(OCCBr)cc(Cl)cc2n1. The highest BCUT2D eigenvalue weighted by Gasteiger charge is 2.05. The number of aromatic nitrogens is 1. The van der Waals surface area contributed by atoms with Gasteiger partial charge in [-0.3, -0.25) is 4.98 Å². The lowest BCUT2D eigenvalue weighted by atomic mass is 10.2. The zero-order valence-corrected chi connectivity index (χ0v) is 11.2. The van der Waals surface area contributed by atoms with Gasteiger partial charge >= 0.3 is 0 Å². The van der Waals surface area contributed by atoms with Crippen LogP contribution in [0, 0.1) is 6.92 Å². The normalized spacial score (nSPS) is 10.7. The van der Waals surface area contributed by atoms with E-state index < -0.39 is 0 Å². The number of hydrogen-bond acceptors (Lipinski definition) is 2. The summed E-state index contributed by atoms with van der Waals surface area (Å²) in [6.45, 7) is 2.57. The molecule has 1 aromatic heterocycles. The molecule has 2 aromatic rings. The second kappa shape index (κ2) is 5.02. The molecule has 0 unspecified atom stereocenters. The molecule has 0 aliphatic carbocycles. The van der Waals surface area contributed by atoms with E-state index in [0.717, 1.165) is 27.7 Å². The molecule has 16 heavy (non-hydrogen) atoms. The molecule has 0 radical (unpaired) electrons. The van der Waals surface area contributed by atoms with Crippen molar-refractivity contribution in [3.8, 4) is 5.75 Å². The number of rotatable bonds is 3. The molecule has 1 aromatic carbocycles. The highest BCUT2D eigenvalue weighted by molar-refractivity contribution is 9.09. The molecule has 0 aliphatic rings. The van der Waals surface area contributed by atoms with E-state index in [1.807, 2.05) is 31.2 Å². The van der Waals surface area contributed by atoms with Crippen LogP contribution < -0.4 is 4.74 Å². The summed E-state index contributed by atoms with van der Waals surface area (Å²) in [6.07, 6.45) is 0. The molecule has 0 bridgehead atoms. The lowest BCUT2D eigenvalue weighted by Gasteiger charge is -2.08. The molecule has 1 heterocycles. The third-order valence-corrected chi connectivity index (χ3v) is 2.75. The minimum absolute atomic E-state index is 0.614. The summed E-state index contributed by atoms with van der Waals surface area (Å²) in [5, 5.41) is 2.44. The summed E-state index contributed by atoms with van der Waals surface area (Å²) >= 11 is 9.35. The number of fused-ring (bicyclic) bond motifs is 1. The maximum absolute atomic E-state index is 6.02. The van der Waals surface area contributed by atoms with Crippen LogP contribution in [0.25, 0.3) is 10.9 Å². The summed E-state index contributed by atoms with van der Waals surface area (Å²) in [7, 11) is 0. The van der Waals surface area contributed by atoms with Crippen LogP contribution in [-0.2, 0) is 0 Å². The van der Waals surface area contributed by atoms with Gasteiger partial charge < -0.3 is 4.74 Å². The summed E-state index contributed by atoms with van der Waals surface area (Å²) in [6, 6.07) is 7.66. The van der Waals surface area contributed by atoms with Crippen LogP contribution in [0.4, 0.5) is 0 Å². The first-order chi connectivity index (χ1) is 7.70. The Kier molecular flexibility index (Phi) is 3.66. The number of benzene rings is 1. The second-order valence-electron chi connectivity index (χ2n) is 3.46. The number of pyridine rings is 1. The van der Waals surface area contributed by atoms with Crippen molar-refractivity contribution in [1.82, 2.24) is 4.98 Å². The Morgan fingerprint density at radius 3 is 2.94 bits per heavy atom. The molecule has 2 rings (SSSR count). The molecule has 4 heteroatoms. The number of aryl methyl sites for hydroxylation is 1. The van der Waals surface area contributed by atoms with Crippen molar-refractivity contribution >= 4 is 38.4 Å². The van der Waals surface area contributed by atoms with Crippen LogP contribution in [0.1, 0.15) is 5.69 Å². The predicted octanol–water partition coefficient (Wildman–Crippen LogP) is 3.97. The van der Waals surface area contributed by atoms with Gasteiger partial charge in [-0.25, -0.2) is 0 Å². The van der Waals surface area contributed by atoms with Gasteiger partial charge in [0, 0.05) is 21.4 Å². The third kappa shape index (κ3) is 2.47. The van der Waals surface area contributed by atoms with Gasteiger partial charge in [-0.05, 0) is 31.2 Å². The van der Waals surface area contributed by atoms with Crippen molar-refractivity contribution in [2.45, 2.75) is 6.92 Å². The molecule has 2 nitrogen and oxygen atoms in total. The van der Waals surface area contributed by atoms with Crippen LogP contribution in [0.2, 0.25) is 5.02 Å². The Hall–Kier alpha value is -0.800. The van der Waals surface area contributed by atoms with E-state index in [4.69, 9.17) is 16.3 Å². The van der Waals surface area contributed by atoms with E-state index in [9.17, 15) is 0 Å². The molecule has 0 fully saturated rings. The Balaban J connectivity index is 2.54. The van der Waals surface area contributed by atoms with Crippen molar-refractivity contribution in [3.05, 3.63) is 35.0 Å². The van der Waals surface area contributed by atoms with E-state index in [1.54, 1.807) is 0 Å². The predicted molar refractivity (Wildman–Crippen MR) is 70.8 cm³/mol. The van der Waals surface area contributed by atoms with Crippen LogP contribution in [0.15, 0.2) is 24.3 Å². The molecule has 0 aliphatic heterocycles. The molecule has 0 spiro atoms. The van der Waals surface area contributed by atoms with E-state index in [1.165, 1.54) is 0 Å². The van der Waals surface area contributed by atoms with E-state index in [0.29, 0.717) is 11.6 Å². The number of hydrogen-bond donors (Lipinski definition) is 0. The molecule has 0 atom stereocenters. The molecule has 0 saturated heterocycles. The van der Waals surface area contributed by atoms with Crippen molar-refractivity contribution in [2.75, 3.05) is 11.9 Å². The summed E-state index contributed by atoms with van der Waals surface area (Å²) in [5.74, 6) is 0.787. The maximum Gasteiger partial charge on any atom is 0.130 e. The van der Waals surface area contributed by atoms with Gasteiger partial charge in [-0.15, -0.1) is 0 Å². The smallest absolute Gasteiger partial charge is 0.130 e. The fourth-order valence-electron chi connectivity index (χ4n) is 1.54. The van der Waals surface area contributed by atoms with Gasteiger partial charge in [-0.2, -0.15) is 0 Å². The monoisotopic (exact) mass is 299 g/mol. The number of alkyl halides is 1. The third-order valence-electron chi connectivity index (χ3n) is 2.21. The molecular formula is C12H11BrClNO. The average molecular weight is 301 g/mol. The lowest BCUT2D eigenvalue weighted by molar-refractivity contribution is 0.349. The number of halogens is 2. The number of ether oxygens (including phenoxy) is 1. The topological polar surface area (TPSA) is 22.1 Å². The van der Waals surface area contributed by atoms with E-state index in [2.05, 4.69) is 20.9 Å². The van der Waals surface area contributed by atoms with Gasteiger partial charge in [-0.1, -0.05) is 27.5 Å². The molecule has 0 saturated carbocycles. The lowest BCUT2D eigenvalue weighted by Crippen LogP contribution is -1.98. The Morgan fingerprint density at radius 1 is 1.38 bits per heavy atom. The summed E-state index contributed by atoms with van der Waals surface area (Å²) in [4.78, 5) is 4.43. The summed E-state index contributed by atoms with van der Waals surface area (Å²) < 4.78 is 5.62. The highest BCUT2D eigenvalue weighted by Crippen LogP contribution is 2.29. The van der Waals surface area contributed by atoms with Crippen LogP contribution in [-0.4, -0.2) is 16.9 Å². The second-order valence-corrected chi connectivity index (χ2v) is 4.69. The van der Waals surface area contributed by atoms with E-state index in [-0.39, 0.29) is 0 Å². The molecule has 0 amide bonds. The molecule has 0 N–H and O–H groups in total. The van der Waals surface area contributed by atoms with Crippen molar-refractivity contribution < 1.29 is 4.74 Å². The molecule has 84 valence electrons. The van der Waals surface area contributed by atoms with Crippen LogP contribution in [0.5, 0.6) is 5.75 Å². The fourth-order valence-corrected chi connectivity index (χ4v) is 1.90. The highest BCUT2D eigenvalue weighted by atomic mass is 79.9. The van der Waals surface area contributed by atoms with Gasteiger partial charge in [0.25, 0.3) is 0 Å². The first-order valence-corrected chi connectivity index (χ1v) is 6.46. The Labute approximate surface area is 108 Å². The van der Waals surface area contributed by atoms with E-state index >= 15 is 0 Å². The van der Waals surface area contributed by atoms with Gasteiger partial charge in [0.2, 0.25) is 0 Å². The van der Waals surface area contributed by atoms with Crippen LogP contribution >= 0.6 is 27.5 Å². The van der Waals surface area contributed by atoms with Gasteiger partial charge in [0.1, 0.15) is 5.75 Å². The summed E-state index contributed by atoms with van der Waals surface area (Å²) in [5.41, 5.74) is 1.85. The average Bonchev–Trinajstić information content (AvgIpc) is 2.25. The largest absolute Gasteiger partial charge is 0.492 e. The van der Waals surface area contributed by atoms with Crippen LogP contribution in [0.3, 0.4) is 0 Å². The van der Waals surface area contributed by atoms with Crippen molar-refractivity contribution in [1.29, 1.82) is 0 Å². The quantitative estimate of drug-likeness (QED) is 0.800. The first-order valence-electron chi connectivity index (χ1n) is 4.96. The Bertz CT molecular complexity index is 510. The Morgan fingerprint density at radius 2 is 2.19 bits per heavy atom.